The van der Waals surface area contributed by atoms with Gasteiger partial charge in [-0.25, -0.2) is 4.39 Å². The minimum atomic E-state index is -0.124. The van der Waals surface area contributed by atoms with Crippen LogP contribution in [-0.2, 0) is 6.54 Å². The summed E-state index contributed by atoms with van der Waals surface area (Å²) in [6, 6.07) is 7.31. The van der Waals surface area contributed by atoms with Crippen molar-refractivity contribution in [2.24, 2.45) is 5.73 Å². The van der Waals surface area contributed by atoms with Crippen LogP contribution in [-0.4, -0.2) is 24.1 Å². The van der Waals surface area contributed by atoms with E-state index in [1.165, 1.54) is 0 Å². The van der Waals surface area contributed by atoms with Crippen molar-refractivity contribution in [3.63, 3.8) is 0 Å². The largest absolute Gasteiger partial charge is 0.355 e. The highest BCUT2D eigenvalue weighted by molar-refractivity contribution is 5.98. The van der Waals surface area contributed by atoms with Crippen molar-refractivity contribution in [3.05, 3.63) is 47.9 Å². The van der Waals surface area contributed by atoms with Gasteiger partial charge in [0.1, 0.15) is 0 Å². The number of aromatic nitrogens is 1. The average Bonchev–Trinajstić information content (AvgIpc) is 2.85. The molecule has 0 aliphatic heterocycles. The van der Waals surface area contributed by atoms with Gasteiger partial charge in [-0.15, -0.1) is 0 Å². The number of carbonyl (C=O) groups is 1. The summed E-state index contributed by atoms with van der Waals surface area (Å²) in [4.78, 5) is 11.5. The molecule has 100 valence electrons. The van der Waals surface area contributed by atoms with E-state index in [-0.39, 0.29) is 12.5 Å². The van der Waals surface area contributed by atoms with Gasteiger partial charge < -0.3 is 15.6 Å². The minimum absolute atomic E-state index is 0.124. The van der Waals surface area contributed by atoms with E-state index in [1.807, 2.05) is 29.0 Å². The topological polar surface area (TPSA) is 60.0 Å². The SMILES string of the molecule is CNC(=O)c1ccc2c(ccn2C/C(=C/F)CN)c1. The lowest BCUT2D eigenvalue weighted by Crippen LogP contribution is -2.17. The number of hydrogen-bond donors (Lipinski definition) is 2. The van der Waals surface area contributed by atoms with E-state index in [9.17, 15) is 9.18 Å². The quantitative estimate of drug-likeness (QED) is 0.881. The molecule has 1 aromatic heterocycles. The van der Waals surface area contributed by atoms with Crippen LogP contribution in [0.3, 0.4) is 0 Å². The third kappa shape index (κ3) is 2.66. The third-order valence-electron chi connectivity index (χ3n) is 3.05. The molecule has 0 saturated heterocycles. The second-order valence-corrected chi connectivity index (χ2v) is 4.27. The second kappa shape index (κ2) is 5.67. The number of benzene rings is 1. The van der Waals surface area contributed by atoms with E-state index < -0.39 is 0 Å². The van der Waals surface area contributed by atoms with Gasteiger partial charge in [0.15, 0.2) is 0 Å². The van der Waals surface area contributed by atoms with Crippen LogP contribution >= 0.6 is 0 Å². The maximum atomic E-state index is 12.6. The van der Waals surface area contributed by atoms with Crippen LogP contribution in [0.15, 0.2) is 42.4 Å². The molecule has 5 heteroatoms. The standard InChI is InChI=1S/C14H16FN3O/c1-17-14(19)12-2-3-13-11(6-12)4-5-18(13)9-10(7-15)8-16/h2-7H,8-9,16H2,1H3,(H,17,19)/b10-7+. The molecule has 0 aliphatic carbocycles. The summed E-state index contributed by atoms with van der Waals surface area (Å²) in [5.41, 5.74) is 7.52. The zero-order valence-corrected chi connectivity index (χ0v) is 10.7. The summed E-state index contributed by atoms with van der Waals surface area (Å²) in [7, 11) is 1.59. The maximum absolute atomic E-state index is 12.6. The average molecular weight is 261 g/mol. The van der Waals surface area contributed by atoms with E-state index in [0.717, 1.165) is 10.9 Å². The number of hydrogen-bond acceptors (Lipinski definition) is 2. The molecular weight excluding hydrogens is 245 g/mol. The Balaban J connectivity index is 2.37. The minimum Gasteiger partial charge on any atom is -0.355 e. The predicted octanol–water partition coefficient (Wildman–Crippen LogP) is 1.81. The number of rotatable bonds is 4. The molecule has 0 radical (unpaired) electrons. The van der Waals surface area contributed by atoms with Crippen molar-refractivity contribution in [2.45, 2.75) is 6.54 Å². The summed E-state index contributed by atoms with van der Waals surface area (Å²) in [6.45, 7) is 0.600. The van der Waals surface area contributed by atoms with Crippen molar-refractivity contribution in [2.75, 3.05) is 13.6 Å². The fourth-order valence-corrected chi connectivity index (χ4v) is 1.99. The van der Waals surface area contributed by atoms with Crippen LogP contribution in [0.25, 0.3) is 10.9 Å². The molecule has 2 rings (SSSR count). The highest BCUT2D eigenvalue weighted by atomic mass is 19.1. The fourth-order valence-electron chi connectivity index (χ4n) is 1.99. The molecule has 0 fully saturated rings. The van der Waals surface area contributed by atoms with Gasteiger partial charge in [-0.1, -0.05) is 0 Å². The molecule has 4 nitrogen and oxygen atoms in total. The lowest BCUT2D eigenvalue weighted by atomic mass is 10.1. The Morgan fingerprint density at radius 1 is 1.47 bits per heavy atom. The Labute approximate surface area is 110 Å². The molecule has 19 heavy (non-hydrogen) atoms. The zero-order chi connectivity index (χ0) is 13.8. The molecule has 0 spiro atoms. The highest BCUT2D eigenvalue weighted by Crippen LogP contribution is 2.19. The lowest BCUT2D eigenvalue weighted by molar-refractivity contribution is 0.0963. The normalized spacial score (nSPS) is 11.8. The first-order valence-electron chi connectivity index (χ1n) is 5.98. The third-order valence-corrected chi connectivity index (χ3v) is 3.05. The molecule has 0 unspecified atom stereocenters. The van der Waals surface area contributed by atoms with Crippen LogP contribution in [0.2, 0.25) is 0 Å². The Hall–Kier alpha value is -2.14. The fraction of sp³-hybridized carbons (Fsp3) is 0.214. The van der Waals surface area contributed by atoms with Crippen LogP contribution < -0.4 is 11.1 Å². The van der Waals surface area contributed by atoms with Gasteiger partial charge in [-0.3, -0.25) is 4.79 Å². The molecule has 1 heterocycles. The highest BCUT2D eigenvalue weighted by Gasteiger charge is 2.07. The van der Waals surface area contributed by atoms with Gasteiger partial charge in [-0.2, -0.15) is 0 Å². The number of amides is 1. The molecule has 3 N–H and O–H groups in total. The summed E-state index contributed by atoms with van der Waals surface area (Å²) in [6.07, 6.45) is 2.40. The van der Waals surface area contributed by atoms with Gasteiger partial charge in [0.25, 0.3) is 5.91 Å². The van der Waals surface area contributed by atoms with Crippen molar-refractivity contribution in [1.29, 1.82) is 0 Å². The van der Waals surface area contributed by atoms with Gasteiger partial charge >= 0.3 is 0 Å². The number of nitrogens with zero attached hydrogens (tertiary/aromatic N) is 1. The zero-order valence-electron chi connectivity index (χ0n) is 10.7. The Morgan fingerprint density at radius 2 is 2.26 bits per heavy atom. The van der Waals surface area contributed by atoms with Crippen molar-refractivity contribution in [1.82, 2.24) is 9.88 Å². The predicted molar refractivity (Wildman–Crippen MR) is 73.6 cm³/mol. The van der Waals surface area contributed by atoms with E-state index in [0.29, 0.717) is 24.0 Å². The van der Waals surface area contributed by atoms with Gasteiger partial charge in [0, 0.05) is 42.8 Å². The number of nitrogens with two attached hydrogens (primary N) is 1. The van der Waals surface area contributed by atoms with Crippen LogP contribution in [0.4, 0.5) is 4.39 Å². The monoisotopic (exact) mass is 261 g/mol. The number of nitrogens with one attached hydrogen (secondary N) is 1. The van der Waals surface area contributed by atoms with Crippen LogP contribution in [0.5, 0.6) is 0 Å². The first kappa shape index (κ1) is 13.3. The molecule has 0 aliphatic rings. The van der Waals surface area contributed by atoms with Crippen molar-refractivity contribution in [3.8, 4) is 0 Å². The summed E-state index contributed by atoms with van der Waals surface area (Å²) in [5.74, 6) is -0.124. The molecular formula is C14H16FN3O. The lowest BCUT2D eigenvalue weighted by Gasteiger charge is -2.07. The molecule has 0 saturated carbocycles. The van der Waals surface area contributed by atoms with Gasteiger partial charge in [-0.05, 0) is 29.8 Å². The molecule has 0 atom stereocenters. The van der Waals surface area contributed by atoms with Gasteiger partial charge in [0.2, 0.25) is 0 Å². The first-order chi connectivity index (χ1) is 9.19. The van der Waals surface area contributed by atoms with E-state index in [2.05, 4.69) is 5.32 Å². The number of carbonyl (C=O) groups excluding carboxylic acids is 1. The van der Waals surface area contributed by atoms with E-state index in [4.69, 9.17) is 5.73 Å². The molecule has 1 aromatic carbocycles. The molecule has 1 amide bonds. The summed E-state index contributed by atoms with van der Waals surface area (Å²) < 4.78 is 14.5. The Bertz CT molecular complexity index is 631. The van der Waals surface area contributed by atoms with Crippen molar-refractivity contribution >= 4 is 16.8 Å². The Morgan fingerprint density at radius 3 is 2.89 bits per heavy atom. The number of halogens is 1. The van der Waals surface area contributed by atoms with E-state index >= 15 is 0 Å². The molecule has 2 aromatic rings. The maximum Gasteiger partial charge on any atom is 0.251 e. The van der Waals surface area contributed by atoms with E-state index in [1.54, 1.807) is 13.1 Å². The first-order valence-corrected chi connectivity index (χ1v) is 5.98. The van der Waals surface area contributed by atoms with Crippen molar-refractivity contribution < 1.29 is 9.18 Å². The van der Waals surface area contributed by atoms with Crippen LogP contribution in [0.1, 0.15) is 10.4 Å². The number of fused-ring (bicyclic) bond motifs is 1. The summed E-state index contributed by atoms with van der Waals surface area (Å²) >= 11 is 0. The summed E-state index contributed by atoms with van der Waals surface area (Å²) in [5, 5.41) is 3.52. The second-order valence-electron chi connectivity index (χ2n) is 4.27. The molecule has 0 bridgehead atoms. The van der Waals surface area contributed by atoms with Crippen LogP contribution in [0, 0.1) is 0 Å². The Kier molecular flexibility index (Phi) is 3.97. The van der Waals surface area contributed by atoms with Gasteiger partial charge in [0.05, 0.1) is 6.33 Å². The smallest absolute Gasteiger partial charge is 0.251 e.